The molecule has 0 heterocycles. The summed E-state index contributed by atoms with van der Waals surface area (Å²) in [4.78, 5) is 25.4. The molecule has 0 bridgehead atoms. The fourth-order valence-electron chi connectivity index (χ4n) is 8.17. The first kappa shape index (κ1) is 61.9. The Hall–Kier alpha value is -2.14. The summed E-state index contributed by atoms with van der Waals surface area (Å²) in [5.74, 6) is -0.418. The third-order valence-corrected chi connectivity index (χ3v) is 12.3. The fraction of sp³-hybridized carbons (Fsp3) is 0.831. The number of hydrogen-bond acceptors (Lipinski definition) is 5. The smallest absolute Gasteiger partial charge is 0.306 e. The molecule has 5 nitrogen and oxygen atoms in total. The van der Waals surface area contributed by atoms with E-state index in [0.29, 0.717) is 19.4 Å². The van der Waals surface area contributed by atoms with Crippen LogP contribution in [0.3, 0.4) is 0 Å². The molecule has 0 aromatic heterocycles. The van der Waals surface area contributed by atoms with Gasteiger partial charge in [-0.05, 0) is 77.0 Å². The normalized spacial score (nSPS) is 12.5. The molecule has 374 valence electrons. The van der Waals surface area contributed by atoms with E-state index in [1.807, 2.05) is 0 Å². The lowest BCUT2D eigenvalue weighted by Gasteiger charge is -2.18. The lowest BCUT2D eigenvalue weighted by atomic mass is 10.0. The van der Waals surface area contributed by atoms with Gasteiger partial charge in [0.25, 0.3) is 0 Å². The Labute approximate surface area is 399 Å². The number of esters is 2. The van der Waals surface area contributed by atoms with E-state index in [0.717, 1.165) is 70.6 Å². The second kappa shape index (κ2) is 55.2. The van der Waals surface area contributed by atoms with Gasteiger partial charge in [0.05, 0.1) is 6.61 Å². The topological polar surface area (TPSA) is 61.8 Å². The van der Waals surface area contributed by atoms with Gasteiger partial charge in [-0.3, -0.25) is 9.59 Å². The molecular formula is C59H108O5. The summed E-state index contributed by atoms with van der Waals surface area (Å²) < 4.78 is 17.4. The molecule has 0 aliphatic rings. The van der Waals surface area contributed by atoms with Crippen LogP contribution >= 0.6 is 0 Å². The molecule has 0 aliphatic carbocycles. The highest BCUT2D eigenvalue weighted by atomic mass is 16.6. The zero-order chi connectivity index (χ0) is 46.3. The lowest BCUT2D eigenvalue weighted by molar-refractivity contribution is -0.163. The van der Waals surface area contributed by atoms with E-state index in [-0.39, 0.29) is 25.2 Å². The standard InChI is InChI=1S/C59H108O5/c1-4-7-10-13-16-19-22-25-27-29-31-33-36-39-42-45-48-51-54-62-55-57(64-59(61)53-50-47-44-41-38-34-24-21-18-15-12-9-6-3)56-63-58(60)52-49-46-43-40-37-35-32-30-28-26-23-20-17-14-11-8-5-2/h9,12,18,21,25,27,34,38,57H,4-8,10-11,13-17,19-20,22-24,26,28-33,35-37,39-56H2,1-3H3/b12-9-,21-18-,27-25-,38-34-. The Morgan fingerprint density at radius 2 is 0.703 bits per heavy atom. The van der Waals surface area contributed by atoms with Gasteiger partial charge in [-0.1, -0.05) is 249 Å². The van der Waals surface area contributed by atoms with E-state index in [2.05, 4.69) is 69.4 Å². The van der Waals surface area contributed by atoms with Crippen LogP contribution in [0.15, 0.2) is 48.6 Å². The third kappa shape index (κ3) is 52.5. The molecule has 0 radical (unpaired) electrons. The van der Waals surface area contributed by atoms with E-state index in [9.17, 15) is 9.59 Å². The monoisotopic (exact) mass is 897 g/mol. The van der Waals surface area contributed by atoms with Gasteiger partial charge in [0.15, 0.2) is 6.10 Å². The van der Waals surface area contributed by atoms with Crippen molar-refractivity contribution in [2.24, 2.45) is 0 Å². The molecule has 1 unspecified atom stereocenters. The van der Waals surface area contributed by atoms with Crippen LogP contribution in [0.1, 0.15) is 290 Å². The molecule has 5 heteroatoms. The highest BCUT2D eigenvalue weighted by molar-refractivity contribution is 5.70. The summed E-state index contributed by atoms with van der Waals surface area (Å²) in [5.41, 5.74) is 0. The molecule has 64 heavy (non-hydrogen) atoms. The maximum absolute atomic E-state index is 12.8. The summed E-state index contributed by atoms with van der Waals surface area (Å²) in [7, 11) is 0. The molecule has 0 saturated heterocycles. The second-order valence-electron chi connectivity index (χ2n) is 18.8. The molecule has 0 amide bonds. The van der Waals surface area contributed by atoms with Crippen LogP contribution in [0, 0.1) is 0 Å². The second-order valence-corrected chi connectivity index (χ2v) is 18.8. The van der Waals surface area contributed by atoms with Gasteiger partial charge in [-0.2, -0.15) is 0 Å². The van der Waals surface area contributed by atoms with Crippen LogP contribution in [0.4, 0.5) is 0 Å². The summed E-state index contributed by atoms with van der Waals surface area (Å²) in [5, 5.41) is 0. The number of carbonyl (C=O) groups is 2. The average molecular weight is 898 g/mol. The van der Waals surface area contributed by atoms with E-state index in [4.69, 9.17) is 14.2 Å². The maximum atomic E-state index is 12.8. The van der Waals surface area contributed by atoms with Crippen molar-refractivity contribution in [3.8, 4) is 0 Å². The molecule has 0 rings (SSSR count). The van der Waals surface area contributed by atoms with Crippen molar-refractivity contribution in [2.45, 2.75) is 297 Å². The highest BCUT2D eigenvalue weighted by Gasteiger charge is 2.17. The van der Waals surface area contributed by atoms with Gasteiger partial charge in [0, 0.05) is 19.4 Å². The summed E-state index contributed by atoms with van der Waals surface area (Å²) in [6, 6.07) is 0. The molecule has 0 aliphatic heterocycles. The zero-order valence-electron chi connectivity index (χ0n) is 43.1. The van der Waals surface area contributed by atoms with Crippen LogP contribution in [0.25, 0.3) is 0 Å². The minimum Gasteiger partial charge on any atom is -0.462 e. The van der Waals surface area contributed by atoms with Crippen LogP contribution < -0.4 is 0 Å². The largest absolute Gasteiger partial charge is 0.462 e. The molecule has 0 aromatic rings. The van der Waals surface area contributed by atoms with Crippen molar-refractivity contribution in [1.29, 1.82) is 0 Å². The predicted molar refractivity (Wildman–Crippen MR) is 279 cm³/mol. The van der Waals surface area contributed by atoms with Crippen LogP contribution in [-0.2, 0) is 23.8 Å². The van der Waals surface area contributed by atoms with Gasteiger partial charge in [-0.25, -0.2) is 0 Å². The Morgan fingerprint density at radius 3 is 1.16 bits per heavy atom. The Bertz CT molecular complexity index is 1060. The SMILES string of the molecule is CC/C=C\C/C=C\C/C=C\CCCCCC(=O)OC(COCCCCCCCCCC/C=C\CCCCCCCC)COC(=O)CCCCCCCCCCCCCCCCCCC. The zero-order valence-corrected chi connectivity index (χ0v) is 43.1. The first-order valence-electron chi connectivity index (χ1n) is 28.2. The number of hydrogen-bond donors (Lipinski definition) is 0. The number of unbranched alkanes of at least 4 members (excludes halogenated alkanes) is 33. The van der Waals surface area contributed by atoms with E-state index in [1.165, 1.54) is 186 Å². The Kier molecular flexibility index (Phi) is 53.3. The third-order valence-electron chi connectivity index (χ3n) is 12.3. The number of ether oxygens (including phenoxy) is 3. The molecule has 1 atom stereocenters. The molecule has 0 spiro atoms. The quantitative estimate of drug-likeness (QED) is 0.0346. The van der Waals surface area contributed by atoms with Gasteiger partial charge in [0.1, 0.15) is 6.61 Å². The number of allylic oxidation sites excluding steroid dienone is 8. The van der Waals surface area contributed by atoms with Gasteiger partial charge < -0.3 is 14.2 Å². The molecular weight excluding hydrogens is 789 g/mol. The van der Waals surface area contributed by atoms with Crippen molar-refractivity contribution >= 4 is 11.9 Å². The average Bonchev–Trinajstić information content (AvgIpc) is 3.30. The van der Waals surface area contributed by atoms with E-state index >= 15 is 0 Å². The van der Waals surface area contributed by atoms with Crippen LogP contribution in [0.2, 0.25) is 0 Å². The van der Waals surface area contributed by atoms with Crippen LogP contribution in [-0.4, -0.2) is 37.9 Å². The molecule has 0 fully saturated rings. The summed E-state index contributed by atoms with van der Waals surface area (Å²) in [6.45, 7) is 7.72. The maximum Gasteiger partial charge on any atom is 0.306 e. The van der Waals surface area contributed by atoms with Crippen molar-refractivity contribution < 1.29 is 23.8 Å². The molecule has 0 N–H and O–H groups in total. The van der Waals surface area contributed by atoms with Crippen LogP contribution in [0.5, 0.6) is 0 Å². The fourth-order valence-corrected chi connectivity index (χ4v) is 8.17. The Balaban J connectivity index is 4.24. The van der Waals surface area contributed by atoms with Crippen molar-refractivity contribution in [3.63, 3.8) is 0 Å². The summed E-state index contributed by atoms with van der Waals surface area (Å²) >= 11 is 0. The Morgan fingerprint density at radius 1 is 0.359 bits per heavy atom. The minimum absolute atomic E-state index is 0.0760. The van der Waals surface area contributed by atoms with Gasteiger partial charge in [-0.15, -0.1) is 0 Å². The van der Waals surface area contributed by atoms with Gasteiger partial charge in [0.2, 0.25) is 0 Å². The lowest BCUT2D eigenvalue weighted by Crippen LogP contribution is -2.30. The first-order chi connectivity index (χ1) is 31.6. The van der Waals surface area contributed by atoms with E-state index < -0.39 is 6.10 Å². The van der Waals surface area contributed by atoms with E-state index in [1.54, 1.807) is 0 Å². The van der Waals surface area contributed by atoms with Gasteiger partial charge >= 0.3 is 11.9 Å². The highest BCUT2D eigenvalue weighted by Crippen LogP contribution is 2.16. The number of rotatable bonds is 52. The molecule has 0 saturated carbocycles. The first-order valence-corrected chi connectivity index (χ1v) is 28.2. The van der Waals surface area contributed by atoms with Crippen molar-refractivity contribution in [3.05, 3.63) is 48.6 Å². The predicted octanol–water partition coefficient (Wildman–Crippen LogP) is 19.1. The van der Waals surface area contributed by atoms with Crippen molar-refractivity contribution in [1.82, 2.24) is 0 Å². The molecule has 0 aromatic carbocycles. The minimum atomic E-state index is -0.550. The summed E-state index contributed by atoms with van der Waals surface area (Å²) in [6.07, 6.45) is 68.5. The van der Waals surface area contributed by atoms with Crippen molar-refractivity contribution in [2.75, 3.05) is 19.8 Å². The number of carbonyl (C=O) groups excluding carboxylic acids is 2.